The van der Waals surface area contributed by atoms with Crippen molar-refractivity contribution in [3.63, 3.8) is 0 Å². The zero-order chi connectivity index (χ0) is 46.3. The van der Waals surface area contributed by atoms with Crippen LogP contribution in [-0.4, -0.2) is 81.6 Å². The molecule has 4 amide bonds. The molecule has 0 radical (unpaired) electrons. The number of nitrogens with one attached hydrogen (secondary N) is 3. The number of carbonyl (C=O) groups excluding carboxylic acids is 4. The number of likely N-dealkylation sites (tertiary alicyclic amines) is 1. The Morgan fingerprint density at radius 3 is 2.08 bits per heavy atom. The molecule has 7 rings (SSSR count). The van der Waals surface area contributed by atoms with Crippen LogP contribution >= 0.6 is 11.3 Å². The fourth-order valence-electron chi connectivity index (χ4n) is 8.60. The molecule has 1 aliphatic carbocycles. The second kappa shape index (κ2) is 20.7. The summed E-state index contributed by atoms with van der Waals surface area (Å²) in [6.45, 7) is 10.4. The van der Waals surface area contributed by atoms with E-state index < -0.39 is 35.4 Å². The van der Waals surface area contributed by atoms with Crippen molar-refractivity contribution < 1.29 is 34.1 Å². The lowest BCUT2D eigenvalue weighted by atomic mass is 9.73. The summed E-state index contributed by atoms with van der Waals surface area (Å²) in [6.07, 6.45) is 0.725. The molecule has 12 nitrogen and oxygen atoms in total. The molecule has 0 bridgehead atoms. The van der Waals surface area contributed by atoms with E-state index >= 15 is 0 Å². The predicted octanol–water partition coefficient (Wildman–Crippen LogP) is 7.52. The van der Waals surface area contributed by atoms with Gasteiger partial charge in [0.1, 0.15) is 30.2 Å². The Kier molecular flexibility index (Phi) is 14.8. The Balaban J connectivity index is 0.877. The number of benzene rings is 4. The van der Waals surface area contributed by atoms with Crippen molar-refractivity contribution in [1.82, 2.24) is 25.8 Å². The maximum Gasteiger partial charge on any atom is 0.246 e. The molecule has 1 saturated heterocycles. The molecule has 2 heterocycles. The number of amides is 4. The lowest BCUT2D eigenvalue weighted by Crippen LogP contribution is -2.59. The molecule has 13 heteroatoms. The minimum atomic E-state index is -0.953. The SMILES string of the molecule is CC/C(=C(\c1ccc(O)cc1)c1ccc(OCCNC(=O)C2CC(C(=O)N[C@H](C(=O)N3C[C@H](O)C[C@H]3C(=O)NCc3ccc(-c4scnc4C)cc3)C(C)(C)C)C2)cc1)c1ccccc1. The van der Waals surface area contributed by atoms with Crippen LogP contribution in [0.3, 0.4) is 0 Å². The number of β-amino-alcohol motifs (C(OH)–C–C–N with tert-alkyl or cyclic N) is 1. The van der Waals surface area contributed by atoms with Gasteiger partial charge in [-0.05, 0) is 94.8 Å². The molecule has 65 heavy (non-hydrogen) atoms. The number of rotatable bonds is 16. The zero-order valence-corrected chi connectivity index (χ0v) is 38.5. The summed E-state index contributed by atoms with van der Waals surface area (Å²) in [5, 5.41) is 29.4. The average molecular weight is 898 g/mol. The third-order valence-electron chi connectivity index (χ3n) is 12.3. The van der Waals surface area contributed by atoms with Crippen molar-refractivity contribution in [3.05, 3.63) is 137 Å². The summed E-state index contributed by atoms with van der Waals surface area (Å²) in [6, 6.07) is 31.4. The number of aliphatic hydroxyl groups excluding tert-OH is 1. The molecule has 5 N–H and O–H groups in total. The van der Waals surface area contributed by atoms with Crippen LogP contribution in [0.25, 0.3) is 21.6 Å². The first-order chi connectivity index (χ1) is 31.2. The van der Waals surface area contributed by atoms with Gasteiger partial charge in [-0.15, -0.1) is 11.3 Å². The van der Waals surface area contributed by atoms with Crippen molar-refractivity contribution in [2.45, 2.75) is 85.0 Å². The number of ether oxygens (including phenoxy) is 1. The van der Waals surface area contributed by atoms with Gasteiger partial charge >= 0.3 is 0 Å². The van der Waals surface area contributed by atoms with E-state index in [0.717, 1.165) is 50.4 Å². The highest BCUT2D eigenvalue weighted by Crippen LogP contribution is 2.37. The van der Waals surface area contributed by atoms with E-state index in [2.05, 4.69) is 40.0 Å². The second-order valence-electron chi connectivity index (χ2n) is 18.0. The van der Waals surface area contributed by atoms with Crippen LogP contribution in [-0.2, 0) is 25.7 Å². The standard InChI is InChI=1S/C52H59N5O7S/c1-6-43(34-10-8-7-9-11-34)45(35-16-20-40(58)21-17-35)36-18-22-42(23-19-36)64-25-24-53-48(60)38-26-39(27-38)49(61)56-47(52(3,4)5)51(63)57-30-41(59)28-44(57)50(62)54-29-33-12-14-37(15-13-33)46-32(2)55-31-65-46/h7-23,31,38-39,41,44,47,58-59H,6,24-30H2,1-5H3,(H,53,60)(H,54,62)(H,56,61)/b45-43-/t38?,39?,41-,44+,47-/m1/s1. The largest absolute Gasteiger partial charge is 0.508 e. The number of nitrogens with zero attached hydrogens (tertiary/aromatic N) is 2. The zero-order valence-electron chi connectivity index (χ0n) is 37.7. The smallest absolute Gasteiger partial charge is 0.246 e. The van der Waals surface area contributed by atoms with E-state index in [1.54, 1.807) is 23.5 Å². The van der Waals surface area contributed by atoms with Gasteiger partial charge in [0.05, 0.1) is 28.7 Å². The topological polar surface area (TPSA) is 170 Å². The molecule has 1 saturated carbocycles. The molecule has 2 fully saturated rings. The summed E-state index contributed by atoms with van der Waals surface area (Å²) in [7, 11) is 0. The van der Waals surface area contributed by atoms with Crippen LogP contribution < -0.4 is 20.7 Å². The summed E-state index contributed by atoms with van der Waals surface area (Å²) in [5.41, 5.74) is 9.40. The van der Waals surface area contributed by atoms with E-state index in [1.807, 2.05) is 112 Å². The van der Waals surface area contributed by atoms with Crippen LogP contribution in [0.2, 0.25) is 0 Å². The molecule has 4 aromatic carbocycles. The minimum absolute atomic E-state index is 0.0170. The van der Waals surface area contributed by atoms with Crippen LogP contribution in [0.15, 0.2) is 109 Å². The van der Waals surface area contributed by atoms with E-state index in [4.69, 9.17) is 4.74 Å². The first-order valence-corrected chi connectivity index (χ1v) is 23.2. The monoisotopic (exact) mass is 897 g/mol. The highest BCUT2D eigenvalue weighted by Gasteiger charge is 2.46. The number of aromatic hydroxyl groups is 1. The van der Waals surface area contributed by atoms with Gasteiger partial charge in [0.25, 0.3) is 0 Å². The Morgan fingerprint density at radius 1 is 0.815 bits per heavy atom. The highest BCUT2D eigenvalue weighted by atomic mass is 32.1. The van der Waals surface area contributed by atoms with Crippen LogP contribution in [0.1, 0.15) is 81.3 Å². The van der Waals surface area contributed by atoms with Crippen molar-refractivity contribution in [1.29, 1.82) is 0 Å². The van der Waals surface area contributed by atoms with Gasteiger partial charge in [-0.25, -0.2) is 4.98 Å². The number of aryl methyl sites for hydroxylation is 1. The van der Waals surface area contributed by atoms with E-state index in [0.29, 0.717) is 18.6 Å². The van der Waals surface area contributed by atoms with Crippen molar-refractivity contribution in [3.8, 4) is 21.9 Å². The number of thiazole rings is 1. The first-order valence-electron chi connectivity index (χ1n) is 22.3. The molecule has 340 valence electrons. The highest BCUT2D eigenvalue weighted by molar-refractivity contribution is 7.13. The van der Waals surface area contributed by atoms with Gasteiger partial charge in [0.2, 0.25) is 23.6 Å². The molecule has 1 aliphatic heterocycles. The second-order valence-corrected chi connectivity index (χ2v) is 18.9. The Labute approximate surface area is 385 Å². The van der Waals surface area contributed by atoms with Gasteiger partial charge in [-0.3, -0.25) is 19.2 Å². The van der Waals surface area contributed by atoms with Crippen molar-refractivity contribution >= 4 is 46.1 Å². The number of hydrogen-bond acceptors (Lipinski definition) is 9. The van der Waals surface area contributed by atoms with Crippen molar-refractivity contribution in [2.24, 2.45) is 17.3 Å². The number of aliphatic hydroxyl groups is 1. The Bertz CT molecular complexity index is 2470. The summed E-state index contributed by atoms with van der Waals surface area (Å²) in [5.74, 6) is -1.18. The lowest BCUT2D eigenvalue weighted by Gasteiger charge is -2.38. The Hall–Kier alpha value is -6.31. The van der Waals surface area contributed by atoms with Gasteiger partial charge in [-0.1, -0.05) is 107 Å². The number of phenols is 1. The molecule has 2 aliphatic rings. The van der Waals surface area contributed by atoms with E-state index in [9.17, 15) is 29.4 Å². The number of allylic oxidation sites excluding steroid dienone is 1. The summed E-state index contributed by atoms with van der Waals surface area (Å²) in [4.78, 5) is 61.0. The number of carbonyl (C=O) groups is 4. The lowest BCUT2D eigenvalue weighted by molar-refractivity contribution is -0.146. The van der Waals surface area contributed by atoms with E-state index in [-0.39, 0.29) is 62.1 Å². The fourth-order valence-corrected chi connectivity index (χ4v) is 9.41. The minimum Gasteiger partial charge on any atom is -0.508 e. The van der Waals surface area contributed by atoms with Gasteiger partial charge in [-0.2, -0.15) is 0 Å². The number of phenolic OH excluding ortho intramolecular Hbond substituents is 1. The van der Waals surface area contributed by atoms with Crippen LogP contribution in [0, 0.1) is 24.2 Å². The molecule has 5 aromatic rings. The van der Waals surface area contributed by atoms with Crippen LogP contribution in [0.5, 0.6) is 11.5 Å². The first kappa shape index (κ1) is 46.7. The number of hydrogen-bond donors (Lipinski definition) is 5. The quantitative estimate of drug-likeness (QED) is 0.0501. The Morgan fingerprint density at radius 2 is 1.46 bits per heavy atom. The van der Waals surface area contributed by atoms with E-state index in [1.165, 1.54) is 10.5 Å². The molecule has 1 aromatic heterocycles. The van der Waals surface area contributed by atoms with Crippen molar-refractivity contribution in [2.75, 3.05) is 19.7 Å². The normalized spacial score (nSPS) is 19.1. The fraction of sp³-hybridized carbons (Fsp3) is 0.365. The third kappa shape index (κ3) is 11.3. The van der Waals surface area contributed by atoms with Crippen LogP contribution in [0.4, 0.5) is 0 Å². The molecule has 3 atom stereocenters. The summed E-state index contributed by atoms with van der Waals surface area (Å²) < 4.78 is 5.99. The molecule has 0 spiro atoms. The number of aromatic nitrogens is 1. The average Bonchev–Trinajstić information content (AvgIpc) is 3.90. The third-order valence-corrected chi connectivity index (χ3v) is 13.3. The van der Waals surface area contributed by atoms with Gasteiger partial charge in [0, 0.05) is 31.3 Å². The molecule has 0 unspecified atom stereocenters. The predicted molar refractivity (Wildman–Crippen MR) is 254 cm³/mol. The maximum absolute atomic E-state index is 14.1. The molecular weight excluding hydrogens is 839 g/mol. The summed E-state index contributed by atoms with van der Waals surface area (Å²) >= 11 is 1.57. The van der Waals surface area contributed by atoms with Gasteiger partial charge in [0.15, 0.2) is 0 Å². The molecular formula is C52H59N5O7S. The maximum atomic E-state index is 14.1. The van der Waals surface area contributed by atoms with Gasteiger partial charge < -0.3 is 35.8 Å².